The lowest BCUT2D eigenvalue weighted by atomic mass is 10.1. The average molecular weight is 218 g/mol. The summed E-state index contributed by atoms with van der Waals surface area (Å²) in [6.45, 7) is 2.15. The molecule has 0 saturated heterocycles. The predicted molar refractivity (Wildman–Crippen MR) is 68.0 cm³/mol. The van der Waals surface area contributed by atoms with Gasteiger partial charge in [0.2, 0.25) is 0 Å². The van der Waals surface area contributed by atoms with Gasteiger partial charge in [0.1, 0.15) is 0 Å². The highest BCUT2D eigenvalue weighted by atomic mass is 32.1. The quantitative estimate of drug-likeness (QED) is 0.761. The Labute approximate surface area is 93.5 Å². The van der Waals surface area contributed by atoms with Crippen LogP contribution in [0.3, 0.4) is 0 Å². The van der Waals surface area contributed by atoms with Crippen LogP contribution < -0.4 is 11.5 Å². The van der Waals surface area contributed by atoms with Gasteiger partial charge >= 0.3 is 0 Å². The summed E-state index contributed by atoms with van der Waals surface area (Å²) in [6, 6.07) is 7.79. The molecule has 0 radical (unpaired) electrons. The first-order chi connectivity index (χ1) is 7.20. The van der Waals surface area contributed by atoms with Crippen LogP contribution in [0.1, 0.15) is 12.5 Å². The second-order valence-electron chi connectivity index (χ2n) is 3.52. The van der Waals surface area contributed by atoms with Gasteiger partial charge in [0.15, 0.2) is 0 Å². The standard InChI is InChI=1S/C12H14N2S/c1-2-8-5-12(15-7-8)10-6-9(13)3-4-11(10)14/h3-7H,2,13-14H2,1H3. The Morgan fingerprint density at radius 1 is 1.20 bits per heavy atom. The fraction of sp³-hybridized carbons (Fsp3) is 0.167. The second-order valence-corrected chi connectivity index (χ2v) is 4.43. The lowest BCUT2D eigenvalue weighted by Crippen LogP contribution is -1.91. The van der Waals surface area contributed by atoms with Gasteiger partial charge in [-0.15, -0.1) is 11.3 Å². The molecule has 1 aromatic carbocycles. The zero-order valence-corrected chi connectivity index (χ0v) is 9.47. The van der Waals surface area contributed by atoms with Gasteiger partial charge in [-0.3, -0.25) is 0 Å². The van der Waals surface area contributed by atoms with Crippen molar-refractivity contribution < 1.29 is 0 Å². The van der Waals surface area contributed by atoms with Gasteiger partial charge < -0.3 is 11.5 Å². The summed E-state index contributed by atoms with van der Waals surface area (Å²) in [6.07, 6.45) is 1.05. The molecule has 3 heteroatoms. The highest BCUT2D eigenvalue weighted by Crippen LogP contribution is 2.33. The summed E-state index contributed by atoms with van der Waals surface area (Å²) < 4.78 is 0. The van der Waals surface area contributed by atoms with Crippen molar-refractivity contribution in [3.8, 4) is 10.4 Å². The molecule has 0 bridgehead atoms. The minimum atomic E-state index is 0.755. The Morgan fingerprint density at radius 2 is 2.00 bits per heavy atom. The Kier molecular flexibility index (Phi) is 2.64. The maximum absolute atomic E-state index is 5.92. The third-order valence-corrected chi connectivity index (χ3v) is 3.42. The van der Waals surface area contributed by atoms with Crippen molar-refractivity contribution in [3.63, 3.8) is 0 Å². The van der Waals surface area contributed by atoms with Gasteiger partial charge in [0.25, 0.3) is 0 Å². The van der Waals surface area contributed by atoms with Crippen molar-refractivity contribution in [1.29, 1.82) is 0 Å². The SMILES string of the molecule is CCc1csc(-c2cc(N)ccc2N)c1. The number of hydrogen-bond acceptors (Lipinski definition) is 3. The molecule has 2 rings (SSSR count). The fourth-order valence-corrected chi connectivity index (χ4v) is 2.53. The third-order valence-electron chi connectivity index (χ3n) is 2.40. The van der Waals surface area contributed by atoms with Gasteiger partial charge in [0, 0.05) is 21.8 Å². The van der Waals surface area contributed by atoms with Gasteiger partial charge in [-0.1, -0.05) is 6.92 Å². The molecular weight excluding hydrogens is 204 g/mol. The maximum atomic E-state index is 5.92. The molecule has 2 aromatic rings. The Balaban J connectivity index is 2.48. The minimum absolute atomic E-state index is 0.755. The van der Waals surface area contributed by atoms with Crippen LogP contribution in [-0.4, -0.2) is 0 Å². The molecule has 0 amide bonds. The van der Waals surface area contributed by atoms with E-state index in [-0.39, 0.29) is 0 Å². The molecule has 0 aliphatic rings. The highest BCUT2D eigenvalue weighted by molar-refractivity contribution is 7.13. The molecule has 0 aliphatic carbocycles. The topological polar surface area (TPSA) is 52.0 Å². The summed E-state index contributed by atoms with van der Waals surface area (Å²) in [5.74, 6) is 0. The molecule has 15 heavy (non-hydrogen) atoms. The van der Waals surface area contributed by atoms with Crippen LogP contribution in [0, 0.1) is 0 Å². The van der Waals surface area contributed by atoms with E-state index in [0.29, 0.717) is 0 Å². The van der Waals surface area contributed by atoms with Crippen molar-refractivity contribution in [2.24, 2.45) is 0 Å². The highest BCUT2D eigenvalue weighted by Gasteiger charge is 2.05. The normalized spacial score (nSPS) is 10.5. The summed E-state index contributed by atoms with van der Waals surface area (Å²) in [7, 11) is 0. The Morgan fingerprint density at radius 3 is 2.67 bits per heavy atom. The predicted octanol–water partition coefficient (Wildman–Crippen LogP) is 3.14. The van der Waals surface area contributed by atoms with E-state index in [2.05, 4.69) is 18.4 Å². The van der Waals surface area contributed by atoms with Gasteiger partial charge in [-0.2, -0.15) is 0 Å². The zero-order valence-electron chi connectivity index (χ0n) is 8.66. The van der Waals surface area contributed by atoms with Crippen LogP contribution in [0.5, 0.6) is 0 Å². The van der Waals surface area contributed by atoms with E-state index in [4.69, 9.17) is 11.5 Å². The molecule has 0 spiro atoms. The first kappa shape index (κ1) is 10.1. The van der Waals surface area contributed by atoms with E-state index in [1.807, 2.05) is 18.2 Å². The first-order valence-electron chi connectivity index (χ1n) is 4.93. The smallest absolute Gasteiger partial charge is 0.0403 e. The number of rotatable bonds is 2. The zero-order chi connectivity index (χ0) is 10.8. The molecule has 2 nitrogen and oxygen atoms in total. The maximum Gasteiger partial charge on any atom is 0.0403 e. The van der Waals surface area contributed by atoms with E-state index in [0.717, 1.165) is 23.4 Å². The van der Waals surface area contributed by atoms with E-state index in [9.17, 15) is 0 Å². The molecule has 78 valence electrons. The molecule has 0 aliphatic heterocycles. The molecule has 0 atom stereocenters. The number of nitrogen functional groups attached to an aromatic ring is 2. The Hall–Kier alpha value is -1.48. The third kappa shape index (κ3) is 1.97. The van der Waals surface area contributed by atoms with E-state index < -0.39 is 0 Å². The van der Waals surface area contributed by atoms with Crippen LogP contribution in [0.25, 0.3) is 10.4 Å². The number of aryl methyl sites for hydroxylation is 1. The van der Waals surface area contributed by atoms with Crippen molar-refractivity contribution in [3.05, 3.63) is 35.2 Å². The van der Waals surface area contributed by atoms with Crippen LogP contribution >= 0.6 is 11.3 Å². The molecule has 1 aromatic heterocycles. The summed E-state index contributed by atoms with van der Waals surface area (Å²) >= 11 is 1.71. The molecule has 0 saturated carbocycles. The number of benzene rings is 1. The summed E-state index contributed by atoms with van der Waals surface area (Å²) in [5.41, 5.74) is 15.6. The van der Waals surface area contributed by atoms with Crippen molar-refractivity contribution in [2.45, 2.75) is 13.3 Å². The number of thiophene rings is 1. The fourth-order valence-electron chi connectivity index (χ4n) is 1.49. The van der Waals surface area contributed by atoms with Gasteiger partial charge in [0.05, 0.1) is 0 Å². The Bertz CT molecular complexity index is 474. The van der Waals surface area contributed by atoms with Crippen molar-refractivity contribution in [1.82, 2.24) is 0 Å². The molecule has 1 heterocycles. The van der Waals surface area contributed by atoms with Crippen LogP contribution in [0.4, 0.5) is 11.4 Å². The number of hydrogen-bond donors (Lipinski definition) is 2. The number of nitrogens with two attached hydrogens (primary N) is 2. The molecule has 0 unspecified atom stereocenters. The van der Waals surface area contributed by atoms with E-state index in [1.165, 1.54) is 10.4 Å². The summed E-state index contributed by atoms with van der Waals surface area (Å²) in [5, 5.41) is 2.16. The lowest BCUT2D eigenvalue weighted by Gasteiger charge is -2.03. The molecule has 0 fully saturated rings. The van der Waals surface area contributed by atoms with Crippen molar-refractivity contribution in [2.75, 3.05) is 11.5 Å². The molecular formula is C12H14N2S. The van der Waals surface area contributed by atoms with Crippen LogP contribution in [-0.2, 0) is 6.42 Å². The second kappa shape index (κ2) is 3.95. The average Bonchev–Trinajstić information content (AvgIpc) is 2.70. The van der Waals surface area contributed by atoms with Gasteiger partial charge in [-0.25, -0.2) is 0 Å². The van der Waals surface area contributed by atoms with E-state index in [1.54, 1.807) is 11.3 Å². The lowest BCUT2D eigenvalue weighted by molar-refractivity contribution is 1.16. The molecule has 4 N–H and O–H groups in total. The monoisotopic (exact) mass is 218 g/mol. The van der Waals surface area contributed by atoms with Crippen LogP contribution in [0.2, 0.25) is 0 Å². The van der Waals surface area contributed by atoms with E-state index >= 15 is 0 Å². The van der Waals surface area contributed by atoms with Crippen LogP contribution in [0.15, 0.2) is 29.6 Å². The minimum Gasteiger partial charge on any atom is -0.399 e. The van der Waals surface area contributed by atoms with Crippen molar-refractivity contribution >= 4 is 22.7 Å². The summed E-state index contributed by atoms with van der Waals surface area (Å²) in [4.78, 5) is 1.19. The van der Waals surface area contributed by atoms with Gasteiger partial charge in [-0.05, 0) is 41.6 Å². The largest absolute Gasteiger partial charge is 0.399 e. The number of anilines is 2. The first-order valence-corrected chi connectivity index (χ1v) is 5.81.